The van der Waals surface area contributed by atoms with Crippen molar-refractivity contribution in [3.05, 3.63) is 33.7 Å². The van der Waals surface area contributed by atoms with Crippen LogP contribution in [0.15, 0.2) is 22.4 Å². The summed E-state index contributed by atoms with van der Waals surface area (Å²) in [5.74, 6) is 0. The van der Waals surface area contributed by atoms with Gasteiger partial charge < -0.3 is 9.64 Å². The number of ether oxygens (including phenoxy) is 1. The third-order valence-corrected chi connectivity index (χ3v) is 4.16. The Bertz CT molecular complexity index is 626. The Morgan fingerprint density at radius 1 is 1.47 bits per heavy atom. The molecule has 6 heteroatoms. The molecule has 0 saturated carbocycles. The molecule has 2 aromatic heterocycles. The van der Waals surface area contributed by atoms with Crippen LogP contribution in [0, 0.1) is 0 Å². The maximum atomic E-state index is 11.9. The number of aromatic nitrogens is 2. The summed E-state index contributed by atoms with van der Waals surface area (Å²) in [6.45, 7) is 6.92. The molecule has 2 aromatic rings. The van der Waals surface area contributed by atoms with Crippen molar-refractivity contribution >= 4 is 16.3 Å². The minimum Gasteiger partial charge on any atom is -0.364 e. The van der Waals surface area contributed by atoms with Crippen LogP contribution in [0.2, 0.25) is 0 Å². The number of nitrogens with zero attached hydrogens (tertiary/aromatic N) is 2. The number of morpholine rings is 1. The van der Waals surface area contributed by atoms with Gasteiger partial charge in [-0.2, -0.15) is 0 Å². The number of rotatable bonds is 2. The topological polar surface area (TPSA) is 48.0 Å². The second-order valence-electron chi connectivity index (χ2n) is 5.23. The van der Waals surface area contributed by atoms with Crippen molar-refractivity contribution in [2.45, 2.75) is 32.6 Å². The van der Waals surface area contributed by atoms with Crippen molar-refractivity contribution in [2.75, 3.05) is 13.1 Å². The zero-order valence-electron chi connectivity index (χ0n) is 11.1. The molecule has 5 nitrogen and oxygen atoms in total. The molecule has 0 amide bonds. The predicted molar refractivity (Wildman–Crippen MR) is 73.7 cm³/mol. The molecule has 0 aliphatic carbocycles. The number of fused-ring (bicyclic) bond motifs is 1. The SMILES string of the molecule is C[C@H]1C[NH+](Cc2cc(=O)n3ccsc3n2)C[C@H](C)O1. The summed E-state index contributed by atoms with van der Waals surface area (Å²) >= 11 is 1.50. The Morgan fingerprint density at radius 2 is 2.21 bits per heavy atom. The van der Waals surface area contributed by atoms with Gasteiger partial charge in [-0.15, -0.1) is 11.3 Å². The summed E-state index contributed by atoms with van der Waals surface area (Å²) in [7, 11) is 0. The summed E-state index contributed by atoms with van der Waals surface area (Å²) in [4.78, 5) is 18.7. The van der Waals surface area contributed by atoms with Crippen molar-refractivity contribution in [1.29, 1.82) is 0 Å². The minimum absolute atomic E-state index is 0.00927. The first-order valence-electron chi connectivity index (χ1n) is 6.56. The number of nitrogens with one attached hydrogen (secondary N) is 1. The molecule has 1 aliphatic heterocycles. The maximum absolute atomic E-state index is 11.9. The lowest BCUT2D eigenvalue weighted by molar-refractivity contribution is -0.928. The second-order valence-corrected chi connectivity index (χ2v) is 6.11. The van der Waals surface area contributed by atoms with E-state index in [1.807, 2.05) is 5.38 Å². The first-order valence-corrected chi connectivity index (χ1v) is 7.44. The van der Waals surface area contributed by atoms with Gasteiger partial charge in [0.15, 0.2) is 4.96 Å². The molecule has 0 radical (unpaired) electrons. The minimum atomic E-state index is 0.00927. The molecule has 0 spiro atoms. The molecule has 3 heterocycles. The molecule has 19 heavy (non-hydrogen) atoms. The molecule has 1 fully saturated rings. The van der Waals surface area contributed by atoms with E-state index in [1.54, 1.807) is 16.7 Å². The quantitative estimate of drug-likeness (QED) is 0.839. The molecular formula is C13H18N3O2S+. The summed E-state index contributed by atoms with van der Waals surface area (Å²) in [5.41, 5.74) is 0.888. The Morgan fingerprint density at radius 3 is 2.95 bits per heavy atom. The highest BCUT2D eigenvalue weighted by Crippen LogP contribution is 2.06. The standard InChI is InChI=1S/C13H17N3O2S/c1-9-6-15(7-10(2)18-9)8-11-5-12(17)16-3-4-19-13(16)14-11/h3-5,9-10H,6-8H2,1-2H3/p+1/t9-,10-/m0/s1. The molecule has 102 valence electrons. The third-order valence-electron chi connectivity index (χ3n) is 3.40. The van der Waals surface area contributed by atoms with E-state index in [2.05, 4.69) is 18.8 Å². The van der Waals surface area contributed by atoms with E-state index < -0.39 is 0 Å². The normalized spacial score (nSPS) is 27.8. The number of quaternary nitrogens is 1. The van der Waals surface area contributed by atoms with Crippen LogP contribution < -0.4 is 10.5 Å². The smallest absolute Gasteiger partial charge is 0.258 e. The van der Waals surface area contributed by atoms with Crippen molar-refractivity contribution < 1.29 is 9.64 Å². The van der Waals surface area contributed by atoms with Crippen LogP contribution >= 0.6 is 11.3 Å². The van der Waals surface area contributed by atoms with Gasteiger partial charge >= 0.3 is 0 Å². The lowest BCUT2D eigenvalue weighted by Gasteiger charge is -2.32. The number of hydrogen-bond acceptors (Lipinski definition) is 4. The monoisotopic (exact) mass is 280 g/mol. The Hall–Kier alpha value is -1.24. The van der Waals surface area contributed by atoms with Crippen molar-refractivity contribution in [1.82, 2.24) is 9.38 Å². The summed E-state index contributed by atoms with van der Waals surface area (Å²) in [6, 6.07) is 1.65. The fraction of sp³-hybridized carbons (Fsp3) is 0.538. The molecule has 0 aromatic carbocycles. The average molecular weight is 280 g/mol. The molecule has 3 rings (SSSR count). The Labute approximate surface area is 115 Å². The highest BCUT2D eigenvalue weighted by molar-refractivity contribution is 7.15. The van der Waals surface area contributed by atoms with E-state index in [-0.39, 0.29) is 17.8 Å². The fourth-order valence-electron chi connectivity index (χ4n) is 2.77. The van der Waals surface area contributed by atoms with Gasteiger partial charge in [0.1, 0.15) is 37.5 Å². The van der Waals surface area contributed by atoms with Gasteiger partial charge in [-0.05, 0) is 13.8 Å². The zero-order valence-corrected chi connectivity index (χ0v) is 11.9. The largest absolute Gasteiger partial charge is 0.364 e. The van der Waals surface area contributed by atoms with Crippen LogP contribution in [-0.4, -0.2) is 34.7 Å². The van der Waals surface area contributed by atoms with Crippen LogP contribution in [0.3, 0.4) is 0 Å². The summed E-state index contributed by atoms with van der Waals surface area (Å²) in [6.07, 6.45) is 2.31. The van der Waals surface area contributed by atoms with Gasteiger partial charge in [0.05, 0.1) is 0 Å². The van der Waals surface area contributed by atoms with Crippen LogP contribution in [0.25, 0.3) is 4.96 Å². The zero-order chi connectivity index (χ0) is 13.4. The molecule has 1 saturated heterocycles. The average Bonchev–Trinajstić information content (AvgIpc) is 2.75. The van der Waals surface area contributed by atoms with Gasteiger partial charge in [-0.3, -0.25) is 9.20 Å². The number of thiazole rings is 1. The molecule has 0 bridgehead atoms. The van der Waals surface area contributed by atoms with E-state index in [1.165, 1.54) is 16.2 Å². The van der Waals surface area contributed by atoms with Gasteiger partial charge in [-0.25, -0.2) is 4.98 Å². The molecule has 1 N–H and O–H groups in total. The Kier molecular flexibility index (Phi) is 3.38. The molecule has 0 unspecified atom stereocenters. The third kappa shape index (κ3) is 2.70. The molecule has 1 aliphatic rings. The van der Waals surface area contributed by atoms with Crippen molar-refractivity contribution in [3.8, 4) is 0 Å². The van der Waals surface area contributed by atoms with E-state index >= 15 is 0 Å². The van der Waals surface area contributed by atoms with Crippen LogP contribution in [-0.2, 0) is 11.3 Å². The second kappa shape index (κ2) is 5.03. The summed E-state index contributed by atoms with van der Waals surface area (Å²) < 4.78 is 7.32. The predicted octanol–water partition coefficient (Wildman–Crippen LogP) is -0.0519. The van der Waals surface area contributed by atoms with Gasteiger partial charge in [-0.1, -0.05) is 0 Å². The van der Waals surface area contributed by atoms with Crippen LogP contribution in [0.4, 0.5) is 0 Å². The highest BCUT2D eigenvalue weighted by Gasteiger charge is 2.26. The van der Waals surface area contributed by atoms with E-state index in [4.69, 9.17) is 4.74 Å². The van der Waals surface area contributed by atoms with Crippen molar-refractivity contribution in [2.24, 2.45) is 0 Å². The highest BCUT2D eigenvalue weighted by atomic mass is 32.1. The van der Waals surface area contributed by atoms with Crippen LogP contribution in [0.5, 0.6) is 0 Å². The van der Waals surface area contributed by atoms with Gasteiger partial charge in [0, 0.05) is 17.6 Å². The first kappa shape index (κ1) is 12.8. The number of hydrogen-bond donors (Lipinski definition) is 1. The summed E-state index contributed by atoms with van der Waals surface area (Å²) in [5, 5.41) is 1.89. The van der Waals surface area contributed by atoms with Crippen molar-refractivity contribution in [3.63, 3.8) is 0 Å². The van der Waals surface area contributed by atoms with Crippen LogP contribution in [0.1, 0.15) is 19.5 Å². The Balaban J connectivity index is 1.83. The van der Waals surface area contributed by atoms with E-state index in [9.17, 15) is 4.79 Å². The lowest BCUT2D eigenvalue weighted by Crippen LogP contribution is -3.14. The van der Waals surface area contributed by atoms with E-state index in [0.717, 1.165) is 30.3 Å². The fourth-order valence-corrected chi connectivity index (χ4v) is 3.51. The lowest BCUT2D eigenvalue weighted by atomic mass is 10.2. The first-order chi connectivity index (χ1) is 9.11. The molecule has 2 atom stereocenters. The van der Waals surface area contributed by atoms with E-state index in [0.29, 0.717) is 0 Å². The van der Waals surface area contributed by atoms with Gasteiger partial charge in [0.25, 0.3) is 5.56 Å². The maximum Gasteiger partial charge on any atom is 0.258 e. The van der Waals surface area contributed by atoms with Gasteiger partial charge in [0.2, 0.25) is 0 Å². The molecular weight excluding hydrogens is 262 g/mol.